The molecule has 0 amide bonds. The van der Waals surface area contributed by atoms with E-state index in [0.717, 1.165) is 49.0 Å². The molecule has 2 aliphatic rings. The van der Waals surface area contributed by atoms with E-state index < -0.39 is 5.60 Å². The summed E-state index contributed by atoms with van der Waals surface area (Å²) in [6.07, 6.45) is 5.13. The monoisotopic (exact) mass is 408 g/mol. The third-order valence-corrected chi connectivity index (χ3v) is 7.24. The van der Waals surface area contributed by atoms with Crippen LogP contribution in [0.1, 0.15) is 70.9 Å². The molecule has 4 atom stereocenters. The van der Waals surface area contributed by atoms with Crippen LogP contribution in [0.2, 0.25) is 0 Å². The summed E-state index contributed by atoms with van der Waals surface area (Å²) in [5, 5.41) is 11.5. The van der Waals surface area contributed by atoms with Crippen molar-refractivity contribution in [2.24, 2.45) is 11.3 Å². The van der Waals surface area contributed by atoms with Gasteiger partial charge in [-0.3, -0.25) is 0 Å². The third-order valence-electron chi connectivity index (χ3n) is 7.24. The highest BCUT2D eigenvalue weighted by Crippen LogP contribution is 2.58. The summed E-state index contributed by atoms with van der Waals surface area (Å²) in [6, 6.07) is 18.2. The lowest BCUT2D eigenvalue weighted by molar-refractivity contribution is -0.140. The van der Waals surface area contributed by atoms with E-state index >= 15 is 0 Å². The Morgan fingerprint density at radius 1 is 0.967 bits per heavy atom. The van der Waals surface area contributed by atoms with Crippen molar-refractivity contribution in [2.75, 3.05) is 0 Å². The van der Waals surface area contributed by atoms with Crippen LogP contribution < -0.4 is 4.74 Å². The zero-order valence-electron chi connectivity index (χ0n) is 18.9. The van der Waals surface area contributed by atoms with Gasteiger partial charge < -0.3 is 14.6 Å². The molecule has 2 aromatic carbocycles. The predicted molar refractivity (Wildman–Crippen MR) is 120 cm³/mol. The molecule has 1 N–H and O–H groups in total. The number of hydrogen-bond donors (Lipinski definition) is 1. The van der Waals surface area contributed by atoms with Crippen molar-refractivity contribution in [1.82, 2.24) is 0 Å². The molecule has 0 radical (unpaired) electrons. The molecule has 30 heavy (non-hydrogen) atoms. The van der Waals surface area contributed by atoms with Crippen molar-refractivity contribution < 1.29 is 14.6 Å². The highest BCUT2D eigenvalue weighted by molar-refractivity contribution is 5.32. The average molecular weight is 409 g/mol. The molecule has 162 valence electrons. The first kappa shape index (κ1) is 21.4. The number of benzene rings is 2. The zero-order valence-corrected chi connectivity index (χ0v) is 18.9. The first-order valence-corrected chi connectivity index (χ1v) is 11.4. The molecule has 0 heterocycles. The first-order chi connectivity index (χ1) is 14.2. The lowest BCUT2D eigenvalue weighted by Gasteiger charge is -2.48. The van der Waals surface area contributed by atoms with Gasteiger partial charge in [-0.1, -0.05) is 49.4 Å². The van der Waals surface area contributed by atoms with E-state index in [-0.39, 0.29) is 11.0 Å². The fourth-order valence-corrected chi connectivity index (χ4v) is 5.45. The van der Waals surface area contributed by atoms with Gasteiger partial charge in [0, 0.05) is 0 Å². The van der Waals surface area contributed by atoms with Crippen LogP contribution in [0.5, 0.6) is 5.75 Å². The normalized spacial score (nSPS) is 31.4. The molecule has 2 aliphatic carbocycles. The summed E-state index contributed by atoms with van der Waals surface area (Å²) in [7, 11) is 0. The Kier molecular flexibility index (Phi) is 5.71. The standard InChI is InChI=1S/C27H36O3/c1-25(2,3)30-24-15-12-22-18-27(28,17-16-26(22,24)4)21-10-13-23(14-11-21)29-19-20-8-6-5-7-9-20/h5-11,13-14,22,24,28H,12,15-19H2,1-4H3/t22-,24-,26-,27+/m0/s1. The van der Waals surface area contributed by atoms with E-state index in [2.05, 4.69) is 39.8 Å². The molecule has 0 unspecified atom stereocenters. The van der Waals surface area contributed by atoms with Gasteiger partial charge in [0.1, 0.15) is 12.4 Å². The fraction of sp³-hybridized carbons (Fsp3) is 0.556. The Morgan fingerprint density at radius 2 is 1.67 bits per heavy atom. The van der Waals surface area contributed by atoms with E-state index in [4.69, 9.17) is 9.47 Å². The van der Waals surface area contributed by atoms with Crippen molar-refractivity contribution in [2.45, 2.75) is 83.7 Å². The van der Waals surface area contributed by atoms with Crippen molar-refractivity contribution in [3.05, 3.63) is 65.7 Å². The number of aliphatic hydroxyl groups is 1. The highest BCUT2D eigenvalue weighted by atomic mass is 16.5. The Hall–Kier alpha value is -1.84. The molecule has 2 fully saturated rings. The van der Waals surface area contributed by atoms with Crippen LogP contribution in [0.15, 0.2) is 54.6 Å². The molecule has 0 spiro atoms. The van der Waals surface area contributed by atoms with Gasteiger partial charge in [0.2, 0.25) is 0 Å². The van der Waals surface area contributed by atoms with Crippen LogP contribution in [0.4, 0.5) is 0 Å². The van der Waals surface area contributed by atoms with Crippen molar-refractivity contribution in [1.29, 1.82) is 0 Å². The Bertz CT molecular complexity index is 839. The molecule has 4 rings (SSSR count). The molecule has 0 saturated heterocycles. The molecule has 0 aromatic heterocycles. The van der Waals surface area contributed by atoms with E-state index in [1.807, 2.05) is 42.5 Å². The molecule has 0 bridgehead atoms. The van der Waals surface area contributed by atoms with Crippen LogP contribution in [-0.4, -0.2) is 16.8 Å². The van der Waals surface area contributed by atoms with Crippen LogP contribution >= 0.6 is 0 Å². The van der Waals surface area contributed by atoms with Gasteiger partial charge in [-0.2, -0.15) is 0 Å². The largest absolute Gasteiger partial charge is 0.489 e. The maximum absolute atomic E-state index is 11.5. The second-order valence-corrected chi connectivity index (χ2v) is 10.5. The number of fused-ring (bicyclic) bond motifs is 1. The van der Waals surface area contributed by atoms with Crippen molar-refractivity contribution in [3.8, 4) is 5.75 Å². The van der Waals surface area contributed by atoms with Gasteiger partial charge in [0.25, 0.3) is 0 Å². The van der Waals surface area contributed by atoms with E-state index in [0.29, 0.717) is 18.6 Å². The summed E-state index contributed by atoms with van der Waals surface area (Å²) >= 11 is 0. The lowest BCUT2D eigenvalue weighted by Crippen LogP contribution is -2.46. The maximum Gasteiger partial charge on any atom is 0.119 e. The average Bonchev–Trinajstić information content (AvgIpc) is 3.02. The Labute approximate surface area is 181 Å². The second-order valence-electron chi connectivity index (χ2n) is 10.5. The highest BCUT2D eigenvalue weighted by Gasteiger charge is 2.54. The summed E-state index contributed by atoms with van der Waals surface area (Å²) in [5.41, 5.74) is 1.46. The summed E-state index contributed by atoms with van der Waals surface area (Å²) in [5.74, 6) is 1.34. The molecule has 2 aromatic rings. The van der Waals surface area contributed by atoms with Gasteiger partial charge in [-0.15, -0.1) is 0 Å². The van der Waals surface area contributed by atoms with E-state index in [1.165, 1.54) is 0 Å². The number of ether oxygens (including phenoxy) is 2. The molecular weight excluding hydrogens is 372 g/mol. The first-order valence-electron chi connectivity index (χ1n) is 11.4. The lowest BCUT2D eigenvalue weighted by atomic mass is 9.62. The third kappa shape index (κ3) is 4.43. The number of hydrogen-bond acceptors (Lipinski definition) is 3. The van der Waals surface area contributed by atoms with Gasteiger partial charge >= 0.3 is 0 Å². The SMILES string of the molecule is CC(C)(C)O[C@H]1CC[C@H]2C[C@@](O)(c3ccc(OCc4ccccc4)cc3)CC[C@@]21C. The molecular formula is C27H36O3. The van der Waals surface area contributed by atoms with Crippen molar-refractivity contribution >= 4 is 0 Å². The second kappa shape index (κ2) is 8.01. The Morgan fingerprint density at radius 3 is 2.33 bits per heavy atom. The number of rotatable bonds is 5. The minimum Gasteiger partial charge on any atom is -0.489 e. The van der Waals surface area contributed by atoms with Gasteiger partial charge in [0.15, 0.2) is 0 Å². The maximum atomic E-state index is 11.5. The quantitative estimate of drug-likeness (QED) is 0.637. The van der Waals surface area contributed by atoms with Gasteiger partial charge in [-0.05, 0) is 87.5 Å². The molecule has 3 nitrogen and oxygen atoms in total. The van der Waals surface area contributed by atoms with Crippen LogP contribution in [0.25, 0.3) is 0 Å². The Balaban J connectivity index is 1.41. The molecule has 0 aliphatic heterocycles. The van der Waals surface area contributed by atoms with Gasteiger partial charge in [-0.25, -0.2) is 0 Å². The summed E-state index contributed by atoms with van der Waals surface area (Å²) < 4.78 is 12.3. The zero-order chi connectivity index (χ0) is 21.4. The van der Waals surface area contributed by atoms with Gasteiger partial charge in [0.05, 0.1) is 17.3 Å². The minimum absolute atomic E-state index is 0.119. The molecule has 2 saturated carbocycles. The smallest absolute Gasteiger partial charge is 0.119 e. The molecule has 3 heteroatoms. The minimum atomic E-state index is -0.751. The van der Waals surface area contributed by atoms with E-state index in [1.54, 1.807) is 0 Å². The summed E-state index contributed by atoms with van der Waals surface area (Å²) in [6.45, 7) is 9.36. The van der Waals surface area contributed by atoms with Crippen LogP contribution in [0.3, 0.4) is 0 Å². The van der Waals surface area contributed by atoms with Crippen molar-refractivity contribution in [3.63, 3.8) is 0 Å². The topological polar surface area (TPSA) is 38.7 Å². The van der Waals surface area contributed by atoms with Crippen LogP contribution in [-0.2, 0) is 16.9 Å². The predicted octanol–water partition coefficient (Wildman–Crippen LogP) is 6.24. The van der Waals surface area contributed by atoms with Crippen LogP contribution in [0, 0.1) is 11.3 Å². The van der Waals surface area contributed by atoms with E-state index in [9.17, 15) is 5.11 Å². The summed E-state index contributed by atoms with van der Waals surface area (Å²) in [4.78, 5) is 0. The fourth-order valence-electron chi connectivity index (χ4n) is 5.45.